The maximum atomic E-state index is 13.0. The van der Waals surface area contributed by atoms with E-state index < -0.39 is 0 Å². The summed E-state index contributed by atoms with van der Waals surface area (Å²) in [6, 6.07) is 18.4. The molecule has 134 valence electrons. The number of amides is 1. The molecule has 3 aromatic rings. The summed E-state index contributed by atoms with van der Waals surface area (Å²) in [7, 11) is 0. The highest BCUT2D eigenvalue weighted by Gasteiger charge is 2.18. The van der Waals surface area contributed by atoms with Crippen LogP contribution >= 0.6 is 11.6 Å². The molecule has 0 aliphatic carbocycles. The number of hydrogen-bond donors (Lipinski definition) is 0. The fourth-order valence-corrected chi connectivity index (χ4v) is 2.90. The predicted molar refractivity (Wildman–Crippen MR) is 101 cm³/mol. The van der Waals surface area contributed by atoms with Gasteiger partial charge in [0.1, 0.15) is 11.5 Å². The molecule has 0 aliphatic heterocycles. The lowest BCUT2D eigenvalue weighted by molar-refractivity contribution is 0.0717. The summed E-state index contributed by atoms with van der Waals surface area (Å²) in [6.45, 7) is 3.33. The van der Waals surface area contributed by atoms with E-state index in [0.717, 1.165) is 17.1 Å². The second-order valence-electron chi connectivity index (χ2n) is 5.83. The molecule has 0 radical (unpaired) electrons. The lowest BCUT2D eigenvalue weighted by Gasteiger charge is -2.22. The van der Waals surface area contributed by atoms with E-state index in [9.17, 15) is 4.79 Å². The minimum absolute atomic E-state index is 0.0792. The molecule has 0 aliphatic rings. The van der Waals surface area contributed by atoms with Gasteiger partial charge in [0.25, 0.3) is 5.91 Å². The average molecular weight is 370 g/mol. The molecule has 1 heterocycles. The van der Waals surface area contributed by atoms with E-state index in [4.69, 9.17) is 20.8 Å². The molecule has 0 fully saturated rings. The molecule has 0 unspecified atom stereocenters. The van der Waals surface area contributed by atoms with Crippen LogP contribution < -0.4 is 4.74 Å². The van der Waals surface area contributed by atoms with E-state index in [1.54, 1.807) is 35.4 Å². The first-order chi connectivity index (χ1) is 12.7. The largest absolute Gasteiger partial charge is 0.494 e. The van der Waals surface area contributed by atoms with Gasteiger partial charge in [0.05, 0.1) is 19.4 Å². The monoisotopic (exact) mass is 369 g/mol. The molecule has 1 amide bonds. The smallest absolute Gasteiger partial charge is 0.254 e. The predicted octanol–water partition coefficient (Wildman–Crippen LogP) is 5.17. The van der Waals surface area contributed by atoms with Crippen molar-refractivity contribution >= 4 is 17.5 Å². The fraction of sp³-hybridized carbons (Fsp3) is 0.190. The van der Waals surface area contributed by atoms with Gasteiger partial charge >= 0.3 is 0 Å². The third kappa shape index (κ3) is 4.67. The number of ether oxygens (including phenoxy) is 1. The molecule has 0 atom stereocenters. The molecular formula is C21H20ClNO3. The van der Waals surface area contributed by atoms with Crippen molar-refractivity contribution in [3.8, 4) is 5.75 Å². The Balaban J connectivity index is 1.82. The Morgan fingerprint density at radius 3 is 2.54 bits per heavy atom. The van der Waals surface area contributed by atoms with Crippen LogP contribution in [0.1, 0.15) is 28.6 Å². The Kier molecular flexibility index (Phi) is 5.97. The fourth-order valence-electron chi connectivity index (χ4n) is 2.69. The van der Waals surface area contributed by atoms with Gasteiger partial charge in [-0.25, -0.2) is 0 Å². The van der Waals surface area contributed by atoms with E-state index >= 15 is 0 Å². The standard InChI is InChI=1S/C21H20ClNO3/c1-2-25-19-10-8-17(9-11-19)21(24)23(15-20-7-4-12-26-20)14-16-5-3-6-18(22)13-16/h3-13H,2,14-15H2,1H3. The lowest BCUT2D eigenvalue weighted by Crippen LogP contribution is -2.30. The van der Waals surface area contributed by atoms with Gasteiger partial charge in [-0.05, 0) is 61.0 Å². The van der Waals surface area contributed by atoms with Crippen LogP contribution in [0.15, 0.2) is 71.3 Å². The van der Waals surface area contributed by atoms with Crippen LogP contribution in [0.25, 0.3) is 0 Å². The van der Waals surface area contributed by atoms with E-state index in [-0.39, 0.29) is 5.91 Å². The Hall–Kier alpha value is -2.72. The molecule has 2 aromatic carbocycles. The van der Waals surface area contributed by atoms with Crippen LogP contribution in [-0.2, 0) is 13.1 Å². The first kappa shape index (κ1) is 18.1. The number of rotatable bonds is 7. The van der Waals surface area contributed by atoms with Crippen LogP contribution in [0, 0.1) is 0 Å². The molecule has 0 spiro atoms. The van der Waals surface area contributed by atoms with Crippen LogP contribution in [0.4, 0.5) is 0 Å². The van der Waals surface area contributed by atoms with Crippen LogP contribution in [-0.4, -0.2) is 17.4 Å². The average Bonchev–Trinajstić information content (AvgIpc) is 3.15. The van der Waals surface area contributed by atoms with Crippen molar-refractivity contribution in [2.45, 2.75) is 20.0 Å². The summed E-state index contributed by atoms with van der Waals surface area (Å²) >= 11 is 6.08. The Morgan fingerprint density at radius 2 is 1.88 bits per heavy atom. The van der Waals surface area contributed by atoms with Crippen molar-refractivity contribution in [2.75, 3.05) is 6.61 Å². The molecule has 0 bridgehead atoms. The van der Waals surface area contributed by atoms with Crippen molar-refractivity contribution in [1.82, 2.24) is 4.90 Å². The summed E-state index contributed by atoms with van der Waals surface area (Å²) < 4.78 is 10.9. The molecular weight excluding hydrogens is 350 g/mol. The highest BCUT2D eigenvalue weighted by atomic mass is 35.5. The summed E-state index contributed by atoms with van der Waals surface area (Å²) in [6.07, 6.45) is 1.61. The van der Waals surface area contributed by atoms with E-state index in [0.29, 0.717) is 30.3 Å². The zero-order valence-electron chi connectivity index (χ0n) is 14.5. The molecule has 1 aromatic heterocycles. The van der Waals surface area contributed by atoms with Crippen molar-refractivity contribution in [3.63, 3.8) is 0 Å². The zero-order valence-corrected chi connectivity index (χ0v) is 15.3. The maximum Gasteiger partial charge on any atom is 0.254 e. The highest BCUT2D eigenvalue weighted by Crippen LogP contribution is 2.19. The van der Waals surface area contributed by atoms with Crippen LogP contribution in [0.3, 0.4) is 0 Å². The Bertz CT molecular complexity index is 844. The van der Waals surface area contributed by atoms with Crippen molar-refractivity contribution in [1.29, 1.82) is 0 Å². The number of hydrogen-bond acceptors (Lipinski definition) is 3. The van der Waals surface area contributed by atoms with Gasteiger partial charge < -0.3 is 14.1 Å². The van der Waals surface area contributed by atoms with Gasteiger partial charge in [-0.15, -0.1) is 0 Å². The molecule has 0 N–H and O–H groups in total. The SMILES string of the molecule is CCOc1ccc(C(=O)N(Cc2cccc(Cl)c2)Cc2ccco2)cc1. The number of nitrogens with zero attached hydrogens (tertiary/aromatic N) is 1. The minimum atomic E-state index is -0.0792. The van der Waals surface area contributed by atoms with Gasteiger partial charge in [0, 0.05) is 17.1 Å². The molecule has 5 heteroatoms. The van der Waals surface area contributed by atoms with Gasteiger partial charge in [-0.1, -0.05) is 23.7 Å². The first-order valence-corrected chi connectivity index (χ1v) is 8.82. The summed E-state index contributed by atoms with van der Waals surface area (Å²) in [5.41, 5.74) is 1.56. The lowest BCUT2D eigenvalue weighted by atomic mass is 10.1. The van der Waals surface area contributed by atoms with Crippen molar-refractivity contribution < 1.29 is 13.9 Å². The van der Waals surface area contributed by atoms with E-state index in [1.807, 2.05) is 43.3 Å². The normalized spacial score (nSPS) is 10.5. The topological polar surface area (TPSA) is 42.7 Å². The van der Waals surface area contributed by atoms with Crippen molar-refractivity contribution in [2.24, 2.45) is 0 Å². The summed E-state index contributed by atoms with van der Waals surface area (Å²) in [5.74, 6) is 1.40. The number of benzene rings is 2. The van der Waals surface area contributed by atoms with Gasteiger partial charge in [-0.3, -0.25) is 4.79 Å². The highest BCUT2D eigenvalue weighted by molar-refractivity contribution is 6.30. The molecule has 0 saturated carbocycles. The number of furan rings is 1. The van der Waals surface area contributed by atoms with Crippen LogP contribution in [0.2, 0.25) is 5.02 Å². The first-order valence-electron chi connectivity index (χ1n) is 8.44. The molecule has 0 saturated heterocycles. The Morgan fingerprint density at radius 1 is 1.08 bits per heavy atom. The van der Waals surface area contributed by atoms with Gasteiger partial charge in [0.15, 0.2) is 0 Å². The quantitative estimate of drug-likeness (QED) is 0.576. The van der Waals surface area contributed by atoms with Crippen molar-refractivity contribution in [3.05, 3.63) is 88.8 Å². The third-order valence-corrected chi connectivity index (χ3v) is 4.12. The maximum absolute atomic E-state index is 13.0. The number of carbonyl (C=O) groups is 1. The Labute approximate surface area is 158 Å². The molecule has 26 heavy (non-hydrogen) atoms. The van der Waals surface area contributed by atoms with Gasteiger partial charge in [-0.2, -0.15) is 0 Å². The molecule has 3 rings (SSSR count). The number of carbonyl (C=O) groups excluding carboxylic acids is 1. The summed E-state index contributed by atoms with van der Waals surface area (Å²) in [5, 5.41) is 0.647. The second-order valence-corrected chi connectivity index (χ2v) is 6.26. The van der Waals surface area contributed by atoms with Gasteiger partial charge in [0.2, 0.25) is 0 Å². The van der Waals surface area contributed by atoms with E-state index in [1.165, 1.54) is 0 Å². The molecule has 4 nitrogen and oxygen atoms in total. The minimum Gasteiger partial charge on any atom is -0.494 e. The third-order valence-electron chi connectivity index (χ3n) is 3.89. The second kappa shape index (κ2) is 8.59. The summed E-state index contributed by atoms with van der Waals surface area (Å²) in [4.78, 5) is 14.8. The van der Waals surface area contributed by atoms with Crippen LogP contribution in [0.5, 0.6) is 5.75 Å². The zero-order chi connectivity index (χ0) is 18.4. The van der Waals surface area contributed by atoms with E-state index in [2.05, 4.69) is 0 Å². The number of halogens is 1.